The first-order valence-corrected chi connectivity index (χ1v) is 8.67. The SMILES string of the molecule is Cc1cc(C(=O)Nc2ccccc2C#N)nc(Nc2ccc(N(C)C)cc2)n1. The first-order chi connectivity index (χ1) is 13.5. The standard InChI is InChI=1S/C21H20N6O/c1-14-12-19(20(28)25-18-7-5-4-6-15(18)13-22)26-21(23-14)24-16-8-10-17(11-9-16)27(2)3/h4-12H,1-3H3,(H,25,28)(H,23,24,26). The average molecular weight is 372 g/mol. The maximum atomic E-state index is 12.6. The quantitative estimate of drug-likeness (QED) is 0.709. The summed E-state index contributed by atoms with van der Waals surface area (Å²) in [5, 5.41) is 15.0. The lowest BCUT2D eigenvalue weighted by Crippen LogP contribution is -2.16. The molecule has 0 atom stereocenters. The molecule has 1 amide bonds. The molecule has 2 aromatic carbocycles. The van der Waals surface area contributed by atoms with E-state index in [-0.39, 0.29) is 5.69 Å². The summed E-state index contributed by atoms with van der Waals surface area (Å²) in [6, 6.07) is 18.3. The lowest BCUT2D eigenvalue weighted by atomic mass is 10.2. The molecular formula is C21H20N6O. The van der Waals surface area contributed by atoms with Crippen LogP contribution in [0.15, 0.2) is 54.6 Å². The highest BCUT2D eigenvalue weighted by molar-refractivity contribution is 6.03. The predicted octanol–water partition coefficient (Wildman–Crippen LogP) is 3.72. The van der Waals surface area contributed by atoms with Gasteiger partial charge in [0.05, 0.1) is 11.3 Å². The molecule has 140 valence electrons. The number of nitriles is 1. The highest BCUT2D eigenvalue weighted by atomic mass is 16.1. The Hall–Kier alpha value is -3.92. The number of nitrogens with one attached hydrogen (secondary N) is 2. The minimum Gasteiger partial charge on any atom is -0.378 e. The molecule has 0 bridgehead atoms. The van der Waals surface area contributed by atoms with Gasteiger partial charge in [0.2, 0.25) is 5.95 Å². The number of hydrogen-bond donors (Lipinski definition) is 2. The van der Waals surface area contributed by atoms with Crippen LogP contribution in [0.25, 0.3) is 0 Å². The number of benzene rings is 2. The molecule has 0 saturated heterocycles. The third kappa shape index (κ3) is 4.43. The van der Waals surface area contributed by atoms with Crippen LogP contribution in [-0.4, -0.2) is 30.0 Å². The molecule has 1 aromatic heterocycles. The molecule has 0 spiro atoms. The predicted molar refractivity (Wildman–Crippen MR) is 110 cm³/mol. The number of rotatable bonds is 5. The zero-order chi connectivity index (χ0) is 20.1. The molecule has 0 saturated carbocycles. The van der Waals surface area contributed by atoms with Crippen molar-refractivity contribution in [2.75, 3.05) is 29.6 Å². The molecule has 7 heteroatoms. The van der Waals surface area contributed by atoms with Crippen LogP contribution in [0.4, 0.5) is 23.0 Å². The van der Waals surface area contributed by atoms with Gasteiger partial charge >= 0.3 is 0 Å². The van der Waals surface area contributed by atoms with Gasteiger partial charge in [0.15, 0.2) is 0 Å². The molecule has 7 nitrogen and oxygen atoms in total. The molecule has 0 fully saturated rings. The van der Waals surface area contributed by atoms with Crippen LogP contribution in [0, 0.1) is 18.3 Å². The third-order valence-corrected chi connectivity index (χ3v) is 4.02. The van der Waals surface area contributed by atoms with Crippen LogP contribution in [0.2, 0.25) is 0 Å². The second kappa shape index (κ2) is 8.18. The summed E-state index contributed by atoms with van der Waals surface area (Å²) in [5.74, 6) is -0.0736. The van der Waals surface area contributed by atoms with Crippen molar-refractivity contribution in [3.63, 3.8) is 0 Å². The van der Waals surface area contributed by atoms with Crippen molar-refractivity contribution in [1.29, 1.82) is 5.26 Å². The minimum atomic E-state index is -0.404. The van der Waals surface area contributed by atoms with E-state index in [0.29, 0.717) is 22.9 Å². The van der Waals surface area contributed by atoms with Gasteiger partial charge < -0.3 is 15.5 Å². The van der Waals surface area contributed by atoms with Gasteiger partial charge in [0.1, 0.15) is 11.8 Å². The van der Waals surface area contributed by atoms with Crippen molar-refractivity contribution in [3.05, 3.63) is 71.5 Å². The van der Waals surface area contributed by atoms with Crippen molar-refractivity contribution >= 4 is 28.9 Å². The number of hydrogen-bond acceptors (Lipinski definition) is 6. The second-order valence-corrected chi connectivity index (χ2v) is 6.40. The summed E-state index contributed by atoms with van der Waals surface area (Å²) in [7, 11) is 3.95. The number of nitrogens with zero attached hydrogens (tertiary/aromatic N) is 4. The number of aromatic nitrogens is 2. The Morgan fingerprint density at radius 3 is 2.46 bits per heavy atom. The van der Waals surface area contributed by atoms with Crippen LogP contribution in [-0.2, 0) is 0 Å². The molecule has 0 radical (unpaired) electrons. The largest absolute Gasteiger partial charge is 0.378 e. The summed E-state index contributed by atoms with van der Waals surface area (Å²) < 4.78 is 0. The monoisotopic (exact) mass is 372 g/mol. The Morgan fingerprint density at radius 2 is 1.79 bits per heavy atom. The van der Waals surface area contributed by atoms with Crippen molar-refractivity contribution in [1.82, 2.24) is 9.97 Å². The summed E-state index contributed by atoms with van der Waals surface area (Å²) in [5.41, 5.74) is 3.60. The topological polar surface area (TPSA) is 93.9 Å². The zero-order valence-corrected chi connectivity index (χ0v) is 15.9. The maximum absolute atomic E-state index is 12.6. The summed E-state index contributed by atoms with van der Waals surface area (Å²) in [4.78, 5) is 23.3. The maximum Gasteiger partial charge on any atom is 0.274 e. The number of para-hydroxylation sites is 1. The third-order valence-electron chi connectivity index (χ3n) is 4.02. The minimum absolute atomic E-state index is 0.215. The van der Waals surface area contributed by atoms with Crippen molar-refractivity contribution in [2.24, 2.45) is 0 Å². The fraction of sp³-hybridized carbons (Fsp3) is 0.143. The summed E-state index contributed by atoms with van der Waals surface area (Å²) in [6.45, 7) is 1.79. The van der Waals surface area contributed by atoms with E-state index < -0.39 is 5.91 Å². The van der Waals surface area contributed by atoms with Crippen molar-refractivity contribution in [3.8, 4) is 6.07 Å². The first-order valence-electron chi connectivity index (χ1n) is 8.67. The van der Waals surface area contributed by atoms with Gasteiger partial charge in [-0.05, 0) is 49.4 Å². The molecule has 0 aliphatic carbocycles. The van der Waals surface area contributed by atoms with E-state index in [4.69, 9.17) is 5.26 Å². The number of aryl methyl sites for hydroxylation is 1. The van der Waals surface area contributed by atoms with E-state index in [2.05, 4.69) is 26.7 Å². The molecule has 2 N–H and O–H groups in total. The lowest BCUT2D eigenvalue weighted by molar-refractivity contribution is 0.102. The highest BCUT2D eigenvalue weighted by Crippen LogP contribution is 2.19. The first kappa shape index (κ1) is 18.9. The van der Waals surface area contributed by atoms with Gasteiger partial charge in [-0.3, -0.25) is 4.79 Å². The number of amides is 1. The van der Waals surface area contributed by atoms with Gasteiger partial charge in [-0.25, -0.2) is 9.97 Å². The molecule has 0 unspecified atom stereocenters. The highest BCUT2D eigenvalue weighted by Gasteiger charge is 2.13. The van der Waals surface area contributed by atoms with E-state index in [1.165, 1.54) is 0 Å². The Labute approximate surface area is 163 Å². The van der Waals surface area contributed by atoms with E-state index in [1.807, 2.05) is 43.3 Å². The summed E-state index contributed by atoms with van der Waals surface area (Å²) >= 11 is 0. The molecule has 1 heterocycles. The Bertz CT molecular complexity index is 1040. The zero-order valence-electron chi connectivity index (χ0n) is 15.9. The second-order valence-electron chi connectivity index (χ2n) is 6.40. The number of carbonyl (C=O) groups excluding carboxylic acids is 1. The fourth-order valence-corrected chi connectivity index (χ4v) is 2.59. The molecule has 3 aromatic rings. The van der Waals surface area contributed by atoms with Crippen LogP contribution in [0.5, 0.6) is 0 Å². The lowest BCUT2D eigenvalue weighted by Gasteiger charge is -2.13. The average Bonchev–Trinajstić information content (AvgIpc) is 2.68. The van der Waals surface area contributed by atoms with E-state index >= 15 is 0 Å². The molecule has 0 aliphatic rings. The Balaban J connectivity index is 1.81. The smallest absolute Gasteiger partial charge is 0.274 e. The van der Waals surface area contributed by atoms with Gasteiger partial charge in [-0.15, -0.1) is 0 Å². The molecule has 28 heavy (non-hydrogen) atoms. The van der Waals surface area contributed by atoms with Crippen LogP contribution < -0.4 is 15.5 Å². The van der Waals surface area contributed by atoms with Gasteiger partial charge in [-0.2, -0.15) is 5.26 Å². The van der Waals surface area contributed by atoms with Gasteiger partial charge in [0.25, 0.3) is 5.91 Å². The van der Waals surface area contributed by atoms with E-state index in [9.17, 15) is 4.79 Å². The summed E-state index contributed by atoms with van der Waals surface area (Å²) in [6.07, 6.45) is 0. The number of carbonyl (C=O) groups is 1. The molecule has 0 aliphatic heterocycles. The molecule has 3 rings (SSSR count). The van der Waals surface area contributed by atoms with E-state index in [0.717, 1.165) is 11.4 Å². The molecular weight excluding hydrogens is 352 g/mol. The number of anilines is 4. The van der Waals surface area contributed by atoms with Gasteiger partial charge in [-0.1, -0.05) is 12.1 Å². The Morgan fingerprint density at radius 1 is 1.07 bits per heavy atom. The van der Waals surface area contributed by atoms with Crippen LogP contribution >= 0.6 is 0 Å². The van der Waals surface area contributed by atoms with Crippen LogP contribution in [0.1, 0.15) is 21.7 Å². The van der Waals surface area contributed by atoms with E-state index in [1.54, 1.807) is 37.3 Å². The Kier molecular flexibility index (Phi) is 5.51. The van der Waals surface area contributed by atoms with Crippen molar-refractivity contribution in [2.45, 2.75) is 6.92 Å². The fourth-order valence-electron chi connectivity index (χ4n) is 2.59. The van der Waals surface area contributed by atoms with Crippen LogP contribution in [0.3, 0.4) is 0 Å². The van der Waals surface area contributed by atoms with Gasteiger partial charge in [0, 0.05) is 31.2 Å². The normalized spacial score (nSPS) is 10.1. The van der Waals surface area contributed by atoms with Crippen molar-refractivity contribution < 1.29 is 4.79 Å².